The van der Waals surface area contributed by atoms with E-state index >= 15 is 0 Å². The predicted molar refractivity (Wildman–Crippen MR) is 160 cm³/mol. The lowest BCUT2D eigenvalue weighted by atomic mass is 9.93. The lowest BCUT2D eigenvalue weighted by Crippen LogP contribution is -2.40. The van der Waals surface area contributed by atoms with E-state index < -0.39 is 17.7 Å². The van der Waals surface area contributed by atoms with Crippen molar-refractivity contribution >= 4 is 29.5 Å². The molecule has 1 saturated carbocycles. The van der Waals surface area contributed by atoms with Crippen molar-refractivity contribution in [3.05, 3.63) is 48.2 Å². The van der Waals surface area contributed by atoms with Gasteiger partial charge in [-0.15, -0.1) is 5.10 Å². The fraction of sp³-hybridized carbons (Fsp3) is 0.533. The molecule has 6 rings (SSSR count). The third-order valence-electron chi connectivity index (χ3n) is 8.82. The number of aromatic nitrogens is 4. The fourth-order valence-electron chi connectivity index (χ4n) is 6.24. The Balaban J connectivity index is 1.22. The molecule has 3 N–H and O–H groups in total. The number of nitrogens with one attached hydrogen (secondary N) is 2. The van der Waals surface area contributed by atoms with E-state index in [0.717, 1.165) is 50.1 Å². The van der Waals surface area contributed by atoms with Crippen molar-refractivity contribution in [3.8, 4) is 11.7 Å². The second-order valence-electron chi connectivity index (χ2n) is 12.4. The van der Waals surface area contributed by atoms with E-state index in [1.165, 1.54) is 4.68 Å². The number of fused-ring (bicyclic) bond motifs is 6. The summed E-state index contributed by atoms with van der Waals surface area (Å²) in [7, 11) is 0. The summed E-state index contributed by atoms with van der Waals surface area (Å²) in [6.07, 6.45) is -1.65. The first-order valence-electron chi connectivity index (χ1n) is 14.9. The molecular formula is C30H36F3N7O3S. The van der Waals surface area contributed by atoms with Crippen molar-refractivity contribution in [2.45, 2.75) is 75.2 Å². The van der Waals surface area contributed by atoms with Crippen molar-refractivity contribution in [3.63, 3.8) is 0 Å². The molecule has 4 bridgehead atoms. The van der Waals surface area contributed by atoms with Crippen LogP contribution >= 0.6 is 11.9 Å². The van der Waals surface area contributed by atoms with Gasteiger partial charge in [-0.3, -0.25) is 9.52 Å². The number of carbonyl (C=O) groups is 1. The Morgan fingerprint density at radius 2 is 2.00 bits per heavy atom. The number of hydrogen-bond acceptors (Lipinski definition) is 9. The predicted octanol–water partition coefficient (Wildman–Crippen LogP) is 5.38. The summed E-state index contributed by atoms with van der Waals surface area (Å²) in [4.78, 5) is 25.2. The Morgan fingerprint density at radius 1 is 1.18 bits per heavy atom. The monoisotopic (exact) mass is 631 g/mol. The van der Waals surface area contributed by atoms with Gasteiger partial charge < -0.3 is 20.1 Å². The van der Waals surface area contributed by atoms with Crippen molar-refractivity contribution < 1.29 is 27.8 Å². The van der Waals surface area contributed by atoms with Gasteiger partial charge in [0, 0.05) is 49.3 Å². The van der Waals surface area contributed by atoms with Crippen LogP contribution < -0.4 is 19.7 Å². The number of hydrogen-bond donors (Lipinski definition) is 3. The van der Waals surface area contributed by atoms with E-state index in [2.05, 4.69) is 38.9 Å². The number of aliphatic hydroxyl groups excluding tert-OH is 1. The van der Waals surface area contributed by atoms with E-state index in [1.807, 2.05) is 18.2 Å². The van der Waals surface area contributed by atoms with Gasteiger partial charge in [-0.1, -0.05) is 6.07 Å². The number of nitrogens with zero attached hydrogens (tertiary/aromatic N) is 5. The van der Waals surface area contributed by atoms with Crippen LogP contribution in [0.25, 0.3) is 5.82 Å². The van der Waals surface area contributed by atoms with Crippen LogP contribution in [0.4, 0.5) is 24.8 Å². The van der Waals surface area contributed by atoms with Gasteiger partial charge in [0.05, 0.1) is 23.7 Å². The summed E-state index contributed by atoms with van der Waals surface area (Å²) >= 11 is 1.14. The lowest BCUT2D eigenvalue weighted by Gasteiger charge is -2.34. The fourth-order valence-corrected chi connectivity index (χ4v) is 6.83. The lowest BCUT2D eigenvalue weighted by molar-refractivity contribution is -0.215. The molecule has 44 heavy (non-hydrogen) atoms. The molecule has 1 saturated heterocycles. The van der Waals surface area contributed by atoms with E-state index in [9.17, 15) is 23.1 Å². The Morgan fingerprint density at radius 3 is 2.77 bits per heavy atom. The number of amides is 1. The summed E-state index contributed by atoms with van der Waals surface area (Å²) in [5.74, 6) is 2.10. The molecule has 0 radical (unpaired) electrons. The van der Waals surface area contributed by atoms with Crippen LogP contribution in [0.3, 0.4) is 0 Å². The Hall–Kier alpha value is -3.52. The number of ether oxygens (including phenoxy) is 1. The smallest absolute Gasteiger partial charge is 0.396 e. The number of carbonyl (C=O) groups excluding carboxylic acids is 1. The number of halogens is 3. The molecule has 2 unspecified atom stereocenters. The maximum absolute atomic E-state index is 13.5. The average Bonchev–Trinajstić information content (AvgIpc) is 3.59. The van der Waals surface area contributed by atoms with Gasteiger partial charge in [0.1, 0.15) is 16.7 Å². The van der Waals surface area contributed by atoms with E-state index in [1.54, 1.807) is 24.4 Å². The number of rotatable bonds is 6. The van der Waals surface area contributed by atoms with E-state index in [0.29, 0.717) is 28.1 Å². The first-order chi connectivity index (χ1) is 20.9. The van der Waals surface area contributed by atoms with Gasteiger partial charge in [0.15, 0.2) is 5.82 Å². The van der Waals surface area contributed by atoms with Gasteiger partial charge in [0.25, 0.3) is 5.91 Å². The largest absolute Gasteiger partial charge is 0.476 e. The van der Waals surface area contributed by atoms with Crippen LogP contribution in [-0.2, 0) is 0 Å². The molecule has 3 aromatic rings. The number of anilines is 2. The number of pyridine rings is 2. The van der Waals surface area contributed by atoms with Crippen molar-refractivity contribution in [1.82, 2.24) is 24.5 Å². The van der Waals surface area contributed by atoms with Gasteiger partial charge in [-0.05, 0) is 76.1 Å². The molecule has 10 nitrogen and oxygen atoms in total. The zero-order valence-electron chi connectivity index (χ0n) is 24.6. The third-order valence-corrected chi connectivity index (χ3v) is 9.54. The van der Waals surface area contributed by atoms with Crippen LogP contribution in [0.5, 0.6) is 5.88 Å². The summed E-state index contributed by atoms with van der Waals surface area (Å²) in [6, 6.07) is 10.7. The number of alkyl halides is 3. The van der Waals surface area contributed by atoms with Crippen molar-refractivity contribution in [2.75, 3.05) is 29.9 Å². The van der Waals surface area contributed by atoms with Gasteiger partial charge in [-0.2, -0.15) is 13.2 Å². The summed E-state index contributed by atoms with van der Waals surface area (Å²) < 4.78 is 49.9. The van der Waals surface area contributed by atoms with Crippen molar-refractivity contribution in [1.29, 1.82) is 0 Å². The normalized spacial score (nSPS) is 21.7. The first kappa shape index (κ1) is 30.5. The maximum Gasteiger partial charge on any atom is 0.396 e. The highest BCUT2D eigenvalue weighted by Crippen LogP contribution is 2.60. The Kier molecular flexibility index (Phi) is 8.16. The molecule has 0 spiro atoms. The van der Waals surface area contributed by atoms with Gasteiger partial charge >= 0.3 is 6.18 Å². The Labute approximate surface area is 257 Å². The highest BCUT2D eigenvalue weighted by molar-refractivity contribution is 7.97. The quantitative estimate of drug-likeness (QED) is 0.308. The van der Waals surface area contributed by atoms with Crippen LogP contribution in [-0.4, -0.2) is 68.3 Å². The van der Waals surface area contributed by atoms with Gasteiger partial charge in [-0.25, -0.2) is 14.6 Å². The van der Waals surface area contributed by atoms with E-state index in [-0.39, 0.29) is 43.2 Å². The minimum Gasteiger partial charge on any atom is -0.476 e. The molecule has 1 amide bonds. The first-order valence-corrected chi connectivity index (χ1v) is 15.7. The standard InChI is InChI=1S/C30H36F3N7O3S/c1-28(2)17-19-5-4-14-34-22-6-3-7-25(35-22)44-38-27(42)20-8-9-23(36-26(20)39(28)18-19)40-15-10-24(37-40)43-16-11-21(41)29(12-13-29)30(31,32)33/h3,6-10,15,19,21,41H,4-5,11-14,16-18H2,1-2H3,(H,34,35)(H,38,42). The third kappa shape index (κ3) is 6.19. The zero-order valence-corrected chi connectivity index (χ0v) is 25.4. The Bertz CT molecular complexity index is 1510. The van der Waals surface area contributed by atoms with E-state index in [4.69, 9.17) is 9.72 Å². The molecule has 2 aliphatic heterocycles. The van der Waals surface area contributed by atoms with Crippen LogP contribution in [0.1, 0.15) is 62.7 Å². The molecule has 5 heterocycles. The molecular weight excluding hydrogens is 595 g/mol. The molecule has 3 aromatic heterocycles. The summed E-state index contributed by atoms with van der Waals surface area (Å²) in [5.41, 5.74) is -1.84. The topological polar surface area (TPSA) is 117 Å². The minimum atomic E-state index is -4.43. The number of aliphatic hydroxyl groups is 1. The molecule has 236 valence electrons. The average molecular weight is 632 g/mol. The summed E-state index contributed by atoms with van der Waals surface area (Å²) in [5, 5.41) is 18.6. The molecule has 2 fully saturated rings. The maximum atomic E-state index is 13.5. The summed E-state index contributed by atoms with van der Waals surface area (Å²) in [6.45, 7) is 5.76. The minimum absolute atomic E-state index is 0.0666. The van der Waals surface area contributed by atoms with Crippen molar-refractivity contribution in [2.24, 2.45) is 11.3 Å². The SMILES string of the molecule is CC1(C)CC2CCCNc3cccc(n3)SNC(=O)c3ccc(-n4ccc(OCCC(O)C5(C(F)(F)F)CC5)n4)nc3N1C2. The second kappa shape index (κ2) is 11.8. The zero-order chi connectivity index (χ0) is 31.1. The molecule has 1 aliphatic carbocycles. The van der Waals surface area contributed by atoms with Crippen LogP contribution in [0.2, 0.25) is 0 Å². The highest BCUT2D eigenvalue weighted by Gasteiger charge is 2.66. The molecule has 0 aromatic carbocycles. The second-order valence-corrected chi connectivity index (χ2v) is 13.2. The van der Waals surface area contributed by atoms with Crippen LogP contribution in [0.15, 0.2) is 47.6 Å². The molecule has 2 atom stereocenters. The molecule has 14 heteroatoms. The van der Waals surface area contributed by atoms with Crippen LogP contribution in [0, 0.1) is 11.3 Å². The van der Waals surface area contributed by atoms with Gasteiger partial charge in [0.2, 0.25) is 5.88 Å². The molecule has 3 aliphatic rings. The highest BCUT2D eigenvalue weighted by atomic mass is 32.2.